The Kier molecular flexibility index (Phi) is 4.66. The summed E-state index contributed by atoms with van der Waals surface area (Å²) in [5, 5.41) is 0. The lowest BCUT2D eigenvalue weighted by Gasteiger charge is -2.07. The third kappa shape index (κ3) is 4.90. The number of hydrogen-bond acceptors (Lipinski definition) is 3. The molecular formula is C9H14N2O2. The number of ether oxygens (including phenoxy) is 1. The number of nitrogens with zero attached hydrogens (tertiary/aromatic N) is 2. The van der Waals surface area contributed by atoms with Crippen molar-refractivity contribution in [3.8, 4) is 0 Å². The zero-order valence-corrected chi connectivity index (χ0v) is 8.20. The number of hydrogen-bond donors (Lipinski definition) is 0. The van der Waals surface area contributed by atoms with Crippen molar-refractivity contribution in [1.29, 1.82) is 0 Å². The van der Waals surface area contributed by atoms with Crippen LogP contribution in [0.2, 0.25) is 0 Å². The minimum Gasteiger partial charge on any atom is -0.461 e. The summed E-state index contributed by atoms with van der Waals surface area (Å²) in [6, 6.07) is 0.0789. The molecule has 0 heterocycles. The van der Waals surface area contributed by atoms with E-state index in [4.69, 9.17) is 4.74 Å². The maximum atomic E-state index is 10.8. The van der Waals surface area contributed by atoms with Crippen LogP contribution in [-0.4, -0.2) is 24.6 Å². The Morgan fingerprint density at radius 3 is 2.31 bits per heavy atom. The van der Waals surface area contributed by atoms with Crippen LogP contribution >= 0.6 is 0 Å². The molecule has 0 aromatic carbocycles. The Bertz CT molecular complexity index is 254. The standard InChI is InChI=1S/C9H14N2O2/c1-6(2)13-9(10-5)11-7(3)8(4)12/h6H,3,5H2,1-2,4H3. The molecule has 0 fully saturated rings. The molecular weight excluding hydrogens is 168 g/mol. The minimum absolute atomic E-state index is 0.0518. The second-order valence-electron chi connectivity index (χ2n) is 2.72. The molecule has 0 saturated heterocycles. The normalized spacial score (nSPS) is 11.2. The van der Waals surface area contributed by atoms with Crippen LogP contribution < -0.4 is 0 Å². The fourth-order valence-corrected chi connectivity index (χ4v) is 0.504. The first-order valence-corrected chi connectivity index (χ1v) is 3.89. The second-order valence-corrected chi connectivity index (χ2v) is 2.72. The summed E-state index contributed by atoms with van der Waals surface area (Å²) in [6.07, 6.45) is -0.0518. The lowest BCUT2D eigenvalue weighted by molar-refractivity contribution is -0.113. The molecule has 0 aliphatic rings. The number of carbonyl (C=O) groups excluding carboxylic acids is 1. The molecule has 0 radical (unpaired) electrons. The van der Waals surface area contributed by atoms with Gasteiger partial charge in [0, 0.05) is 6.92 Å². The van der Waals surface area contributed by atoms with Crippen LogP contribution in [0.1, 0.15) is 20.8 Å². The van der Waals surface area contributed by atoms with Crippen LogP contribution in [0.3, 0.4) is 0 Å². The number of Topliss-reactive ketones (excluding diaryl/α,β-unsaturated/α-hetero) is 1. The Morgan fingerprint density at radius 1 is 1.46 bits per heavy atom. The number of allylic oxidation sites excluding steroid dienone is 1. The van der Waals surface area contributed by atoms with E-state index < -0.39 is 0 Å². The Morgan fingerprint density at radius 2 is 2.00 bits per heavy atom. The minimum atomic E-state index is -0.214. The second kappa shape index (κ2) is 5.24. The average Bonchev–Trinajstić information content (AvgIpc) is 2.02. The van der Waals surface area contributed by atoms with Crippen molar-refractivity contribution >= 4 is 18.5 Å². The summed E-state index contributed by atoms with van der Waals surface area (Å²) in [6.45, 7) is 11.8. The van der Waals surface area contributed by atoms with Crippen LogP contribution in [0.5, 0.6) is 0 Å². The van der Waals surface area contributed by atoms with Crippen molar-refractivity contribution in [2.75, 3.05) is 0 Å². The number of rotatable bonds is 3. The van der Waals surface area contributed by atoms with E-state index in [0.717, 1.165) is 0 Å². The molecule has 0 amide bonds. The number of aliphatic imine (C=N–C) groups is 2. The zero-order valence-electron chi connectivity index (χ0n) is 8.20. The fraction of sp³-hybridized carbons (Fsp3) is 0.444. The molecule has 13 heavy (non-hydrogen) atoms. The first-order chi connectivity index (χ1) is 5.97. The number of amidine groups is 1. The molecule has 0 rings (SSSR count). The van der Waals surface area contributed by atoms with E-state index >= 15 is 0 Å². The van der Waals surface area contributed by atoms with Gasteiger partial charge in [0.1, 0.15) is 5.70 Å². The highest BCUT2D eigenvalue weighted by Gasteiger charge is 2.03. The van der Waals surface area contributed by atoms with E-state index in [0.29, 0.717) is 0 Å². The third-order valence-electron chi connectivity index (χ3n) is 1.11. The van der Waals surface area contributed by atoms with Crippen molar-refractivity contribution in [2.24, 2.45) is 9.98 Å². The topological polar surface area (TPSA) is 51.0 Å². The van der Waals surface area contributed by atoms with Crippen molar-refractivity contribution in [1.82, 2.24) is 0 Å². The first kappa shape index (κ1) is 11.6. The predicted octanol–water partition coefficient (Wildman–Crippen LogP) is 1.57. The van der Waals surface area contributed by atoms with Gasteiger partial charge in [-0.15, -0.1) is 0 Å². The molecule has 72 valence electrons. The zero-order chi connectivity index (χ0) is 10.4. The van der Waals surface area contributed by atoms with Crippen LogP contribution in [0, 0.1) is 0 Å². The van der Waals surface area contributed by atoms with Crippen LogP contribution in [-0.2, 0) is 9.53 Å². The summed E-state index contributed by atoms with van der Waals surface area (Å²) in [4.78, 5) is 18.0. The highest BCUT2D eigenvalue weighted by atomic mass is 16.5. The van der Waals surface area contributed by atoms with Gasteiger partial charge < -0.3 is 4.74 Å². The van der Waals surface area contributed by atoms with Gasteiger partial charge in [-0.3, -0.25) is 4.79 Å². The van der Waals surface area contributed by atoms with Gasteiger partial charge >= 0.3 is 6.02 Å². The number of carbonyl (C=O) groups is 1. The summed E-state index contributed by atoms with van der Waals surface area (Å²) >= 11 is 0. The summed E-state index contributed by atoms with van der Waals surface area (Å²) in [5.74, 6) is -0.214. The van der Waals surface area contributed by atoms with Gasteiger partial charge in [0.2, 0.25) is 0 Å². The molecule has 0 atom stereocenters. The van der Waals surface area contributed by atoms with E-state index in [-0.39, 0.29) is 23.6 Å². The first-order valence-electron chi connectivity index (χ1n) is 3.89. The molecule has 0 N–H and O–H groups in total. The summed E-state index contributed by atoms with van der Waals surface area (Å²) in [7, 11) is 0. The van der Waals surface area contributed by atoms with E-state index in [1.54, 1.807) is 0 Å². The smallest absolute Gasteiger partial charge is 0.316 e. The largest absolute Gasteiger partial charge is 0.461 e. The monoisotopic (exact) mass is 182 g/mol. The van der Waals surface area contributed by atoms with Crippen molar-refractivity contribution in [2.45, 2.75) is 26.9 Å². The van der Waals surface area contributed by atoms with Gasteiger partial charge in [-0.2, -0.15) is 4.99 Å². The maximum absolute atomic E-state index is 10.8. The highest BCUT2D eigenvalue weighted by Crippen LogP contribution is 1.99. The van der Waals surface area contributed by atoms with Crippen LogP contribution in [0.4, 0.5) is 0 Å². The van der Waals surface area contributed by atoms with Crippen molar-refractivity contribution in [3.63, 3.8) is 0 Å². The van der Waals surface area contributed by atoms with Gasteiger partial charge in [0.15, 0.2) is 5.78 Å². The maximum Gasteiger partial charge on any atom is 0.316 e. The lowest BCUT2D eigenvalue weighted by atomic mass is 10.4. The van der Waals surface area contributed by atoms with Gasteiger partial charge in [0.05, 0.1) is 6.10 Å². The molecule has 0 bridgehead atoms. The highest BCUT2D eigenvalue weighted by molar-refractivity contribution is 5.95. The Balaban J connectivity index is 4.47. The van der Waals surface area contributed by atoms with Gasteiger partial charge in [0.25, 0.3) is 0 Å². The molecule has 0 unspecified atom stereocenters. The molecule has 0 aromatic rings. The van der Waals surface area contributed by atoms with E-state index in [9.17, 15) is 4.79 Å². The van der Waals surface area contributed by atoms with Crippen molar-refractivity contribution < 1.29 is 9.53 Å². The SMILES string of the molecule is C=NC(=NC(=C)C(C)=O)OC(C)C. The van der Waals surface area contributed by atoms with Crippen LogP contribution in [0.15, 0.2) is 22.3 Å². The molecule has 0 saturated carbocycles. The van der Waals surface area contributed by atoms with Gasteiger partial charge in [-0.25, -0.2) is 4.99 Å². The van der Waals surface area contributed by atoms with E-state index in [2.05, 4.69) is 23.3 Å². The molecule has 0 aliphatic heterocycles. The quantitative estimate of drug-likeness (QED) is 0.378. The third-order valence-corrected chi connectivity index (χ3v) is 1.11. The van der Waals surface area contributed by atoms with E-state index in [1.807, 2.05) is 13.8 Å². The summed E-state index contributed by atoms with van der Waals surface area (Å²) < 4.78 is 5.13. The Hall–Kier alpha value is -1.45. The molecule has 0 aromatic heterocycles. The van der Waals surface area contributed by atoms with E-state index in [1.165, 1.54) is 6.92 Å². The molecule has 4 heteroatoms. The summed E-state index contributed by atoms with van der Waals surface area (Å²) in [5.41, 5.74) is 0.114. The van der Waals surface area contributed by atoms with Gasteiger partial charge in [-0.1, -0.05) is 6.58 Å². The fourth-order valence-electron chi connectivity index (χ4n) is 0.504. The predicted molar refractivity (Wildman–Crippen MR) is 53.0 cm³/mol. The van der Waals surface area contributed by atoms with Gasteiger partial charge in [-0.05, 0) is 20.6 Å². The lowest BCUT2D eigenvalue weighted by Crippen LogP contribution is -2.10. The number of ketones is 1. The Labute approximate surface area is 78.0 Å². The molecule has 0 aliphatic carbocycles. The molecule has 4 nitrogen and oxygen atoms in total. The molecule has 0 spiro atoms. The van der Waals surface area contributed by atoms with Crippen molar-refractivity contribution in [3.05, 3.63) is 12.3 Å². The average molecular weight is 182 g/mol. The van der Waals surface area contributed by atoms with Crippen LogP contribution in [0.25, 0.3) is 0 Å².